The summed E-state index contributed by atoms with van der Waals surface area (Å²) in [5.41, 5.74) is 7.43. The lowest BCUT2D eigenvalue weighted by Crippen LogP contribution is -2.42. The van der Waals surface area contributed by atoms with E-state index in [2.05, 4.69) is 5.32 Å². The quantitative estimate of drug-likeness (QED) is 0.728. The molecule has 1 atom stereocenters. The highest BCUT2D eigenvalue weighted by atomic mass is 16.4. The summed E-state index contributed by atoms with van der Waals surface area (Å²) in [6.45, 7) is 0. The van der Waals surface area contributed by atoms with Gasteiger partial charge in [-0.3, -0.25) is 4.79 Å². The summed E-state index contributed by atoms with van der Waals surface area (Å²) in [6.07, 6.45) is 0.203. The second-order valence-corrected chi connectivity index (χ2v) is 4.68. The van der Waals surface area contributed by atoms with Gasteiger partial charge in [0.25, 0.3) is 5.91 Å². The second kappa shape index (κ2) is 6.56. The van der Waals surface area contributed by atoms with E-state index in [-0.39, 0.29) is 6.42 Å². The average molecular weight is 284 g/mol. The molecule has 2 aromatic rings. The van der Waals surface area contributed by atoms with Gasteiger partial charge in [-0.05, 0) is 29.8 Å². The fourth-order valence-corrected chi connectivity index (χ4v) is 1.92. The van der Waals surface area contributed by atoms with Gasteiger partial charge in [-0.25, -0.2) is 4.79 Å². The molecule has 1 amide bonds. The predicted octanol–water partition coefficient (Wildman–Crippen LogP) is 1.69. The zero-order chi connectivity index (χ0) is 15.2. The number of nitrogen functional groups attached to an aromatic ring is 1. The number of carbonyl (C=O) groups is 2. The molecule has 0 aliphatic heterocycles. The normalized spacial score (nSPS) is 11.6. The number of hydrogen-bond donors (Lipinski definition) is 3. The van der Waals surface area contributed by atoms with E-state index in [0.717, 1.165) is 5.56 Å². The summed E-state index contributed by atoms with van der Waals surface area (Å²) in [5.74, 6) is -1.48. The van der Waals surface area contributed by atoms with Gasteiger partial charge in [0.2, 0.25) is 0 Å². The Hall–Kier alpha value is -2.82. The van der Waals surface area contributed by atoms with Crippen molar-refractivity contribution in [3.05, 3.63) is 65.7 Å². The second-order valence-electron chi connectivity index (χ2n) is 4.68. The van der Waals surface area contributed by atoms with Crippen molar-refractivity contribution < 1.29 is 14.7 Å². The lowest BCUT2D eigenvalue weighted by Gasteiger charge is -2.14. The standard InChI is InChI=1S/C16H16N2O3/c17-13-8-6-11(7-9-13)10-14(16(20)21)18-15(19)12-4-2-1-3-5-12/h1-9,14H,10,17H2,(H,18,19)(H,20,21). The Bertz CT molecular complexity index is 624. The molecule has 108 valence electrons. The molecule has 4 N–H and O–H groups in total. The largest absolute Gasteiger partial charge is 0.480 e. The molecule has 0 aromatic heterocycles. The van der Waals surface area contributed by atoms with Crippen LogP contribution in [0.1, 0.15) is 15.9 Å². The van der Waals surface area contributed by atoms with Crippen molar-refractivity contribution in [1.29, 1.82) is 0 Å². The number of carboxylic acids is 1. The van der Waals surface area contributed by atoms with Gasteiger partial charge >= 0.3 is 5.97 Å². The van der Waals surface area contributed by atoms with E-state index in [9.17, 15) is 14.7 Å². The molecule has 5 heteroatoms. The smallest absolute Gasteiger partial charge is 0.326 e. The van der Waals surface area contributed by atoms with E-state index in [4.69, 9.17) is 5.73 Å². The minimum Gasteiger partial charge on any atom is -0.480 e. The third-order valence-electron chi connectivity index (χ3n) is 3.06. The van der Waals surface area contributed by atoms with E-state index in [1.165, 1.54) is 0 Å². The Kier molecular flexibility index (Phi) is 4.56. The molecule has 0 radical (unpaired) electrons. The number of aliphatic carboxylic acids is 1. The number of carboxylic acid groups (broad SMARTS) is 1. The van der Waals surface area contributed by atoms with Crippen LogP contribution >= 0.6 is 0 Å². The van der Waals surface area contributed by atoms with Crippen molar-refractivity contribution in [2.24, 2.45) is 0 Å². The zero-order valence-corrected chi connectivity index (χ0v) is 11.3. The minimum atomic E-state index is -1.07. The highest BCUT2D eigenvalue weighted by Crippen LogP contribution is 2.09. The van der Waals surface area contributed by atoms with E-state index in [1.807, 2.05) is 0 Å². The van der Waals surface area contributed by atoms with Crippen LogP contribution in [-0.2, 0) is 11.2 Å². The van der Waals surface area contributed by atoms with Crippen molar-refractivity contribution in [2.75, 3.05) is 5.73 Å². The first-order valence-electron chi connectivity index (χ1n) is 6.49. The number of carbonyl (C=O) groups excluding carboxylic acids is 1. The van der Waals surface area contributed by atoms with Crippen LogP contribution in [0.25, 0.3) is 0 Å². The Labute approximate surface area is 122 Å². The molecule has 2 rings (SSSR count). The zero-order valence-electron chi connectivity index (χ0n) is 11.3. The molecule has 0 saturated heterocycles. The van der Waals surface area contributed by atoms with Gasteiger partial charge in [0, 0.05) is 17.7 Å². The summed E-state index contributed by atoms with van der Waals surface area (Å²) in [6, 6.07) is 14.4. The van der Waals surface area contributed by atoms with Crippen LogP contribution < -0.4 is 11.1 Å². The van der Waals surface area contributed by atoms with Crippen molar-refractivity contribution >= 4 is 17.6 Å². The van der Waals surface area contributed by atoms with E-state index in [1.54, 1.807) is 54.6 Å². The molecular formula is C16H16N2O3. The van der Waals surface area contributed by atoms with Crippen molar-refractivity contribution in [2.45, 2.75) is 12.5 Å². The van der Waals surface area contributed by atoms with Gasteiger partial charge in [0.1, 0.15) is 6.04 Å². The van der Waals surface area contributed by atoms with Crippen molar-refractivity contribution in [3.8, 4) is 0 Å². The summed E-state index contributed by atoms with van der Waals surface area (Å²) in [4.78, 5) is 23.3. The predicted molar refractivity (Wildman–Crippen MR) is 79.9 cm³/mol. The number of anilines is 1. The highest BCUT2D eigenvalue weighted by Gasteiger charge is 2.20. The van der Waals surface area contributed by atoms with Gasteiger partial charge < -0.3 is 16.2 Å². The highest BCUT2D eigenvalue weighted by molar-refractivity contribution is 5.96. The number of hydrogen-bond acceptors (Lipinski definition) is 3. The molecule has 1 unspecified atom stereocenters. The first-order valence-corrected chi connectivity index (χ1v) is 6.49. The van der Waals surface area contributed by atoms with Gasteiger partial charge in [-0.2, -0.15) is 0 Å². The fourth-order valence-electron chi connectivity index (χ4n) is 1.92. The molecule has 0 saturated carbocycles. The van der Waals surface area contributed by atoms with Crippen molar-refractivity contribution in [1.82, 2.24) is 5.32 Å². The van der Waals surface area contributed by atoms with E-state index in [0.29, 0.717) is 11.3 Å². The maximum Gasteiger partial charge on any atom is 0.326 e. The molecule has 21 heavy (non-hydrogen) atoms. The van der Waals surface area contributed by atoms with Crippen LogP contribution in [-0.4, -0.2) is 23.0 Å². The first-order chi connectivity index (χ1) is 10.1. The van der Waals surface area contributed by atoms with Crippen molar-refractivity contribution in [3.63, 3.8) is 0 Å². The molecule has 0 aliphatic rings. The van der Waals surface area contributed by atoms with Crippen LogP contribution in [0.3, 0.4) is 0 Å². The average Bonchev–Trinajstić information content (AvgIpc) is 2.49. The van der Waals surface area contributed by atoms with Crippen LogP contribution in [0.15, 0.2) is 54.6 Å². The van der Waals surface area contributed by atoms with Gasteiger partial charge in [0.15, 0.2) is 0 Å². The molecule has 0 fully saturated rings. The number of rotatable bonds is 5. The van der Waals surface area contributed by atoms with Crippen LogP contribution in [0.4, 0.5) is 5.69 Å². The molecule has 2 aromatic carbocycles. The van der Waals surface area contributed by atoms with Gasteiger partial charge in [-0.15, -0.1) is 0 Å². The SMILES string of the molecule is Nc1ccc(CC(NC(=O)c2ccccc2)C(=O)O)cc1. The van der Waals surface area contributed by atoms with Crippen LogP contribution in [0.2, 0.25) is 0 Å². The monoisotopic (exact) mass is 284 g/mol. The lowest BCUT2D eigenvalue weighted by molar-refractivity contribution is -0.139. The molecule has 0 aliphatic carbocycles. The number of amides is 1. The van der Waals surface area contributed by atoms with Gasteiger partial charge in [-0.1, -0.05) is 30.3 Å². The van der Waals surface area contributed by atoms with Crippen LogP contribution in [0.5, 0.6) is 0 Å². The van der Waals surface area contributed by atoms with E-state index >= 15 is 0 Å². The third kappa shape index (κ3) is 4.07. The van der Waals surface area contributed by atoms with Gasteiger partial charge in [0.05, 0.1) is 0 Å². The fraction of sp³-hybridized carbons (Fsp3) is 0.125. The Morgan fingerprint density at radius 1 is 1.05 bits per heavy atom. The van der Waals surface area contributed by atoms with E-state index < -0.39 is 17.9 Å². The number of nitrogens with one attached hydrogen (secondary N) is 1. The number of nitrogens with two attached hydrogens (primary N) is 1. The first kappa shape index (κ1) is 14.6. The lowest BCUT2D eigenvalue weighted by atomic mass is 10.0. The summed E-state index contributed by atoms with van der Waals surface area (Å²) in [5, 5.41) is 11.8. The topological polar surface area (TPSA) is 92.4 Å². The molecular weight excluding hydrogens is 268 g/mol. The van der Waals surface area contributed by atoms with Crippen LogP contribution in [0, 0.1) is 0 Å². The molecule has 0 heterocycles. The molecule has 0 spiro atoms. The minimum absolute atomic E-state index is 0.203. The Morgan fingerprint density at radius 3 is 2.24 bits per heavy atom. The molecule has 5 nitrogen and oxygen atoms in total. The Balaban J connectivity index is 2.07. The Morgan fingerprint density at radius 2 is 1.67 bits per heavy atom. The summed E-state index contributed by atoms with van der Waals surface area (Å²) in [7, 11) is 0. The third-order valence-corrected chi connectivity index (χ3v) is 3.06. The maximum absolute atomic E-state index is 12.0. The number of benzene rings is 2. The molecule has 0 bridgehead atoms. The summed E-state index contributed by atoms with van der Waals surface area (Å²) < 4.78 is 0. The maximum atomic E-state index is 12.0. The summed E-state index contributed by atoms with van der Waals surface area (Å²) >= 11 is 0.